The zero-order valence-corrected chi connectivity index (χ0v) is 16.4. The van der Waals surface area contributed by atoms with Crippen molar-refractivity contribution in [3.05, 3.63) is 29.8 Å². The highest BCUT2D eigenvalue weighted by molar-refractivity contribution is 5.90. The van der Waals surface area contributed by atoms with Gasteiger partial charge in [0.1, 0.15) is 5.75 Å². The highest BCUT2D eigenvalue weighted by Gasteiger charge is 2.45. The van der Waals surface area contributed by atoms with Gasteiger partial charge in [-0.3, -0.25) is 9.59 Å². The largest absolute Gasteiger partial charge is 0.497 e. The lowest BCUT2D eigenvalue weighted by molar-refractivity contribution is -0.137. The van der Waals surface area contributed by atoms with Crippen molar-refractivity contribution in [1.82, 2.24) is 9.80 Å². The lowest BCUT2D eigenvalue weighted by Gasteiger charge is -2.34. The smallest absolute Gasteiger partial charge is 0.228 e. The van der Waals surface area contributed by atoms with Gasteiger partial charge < -0.3 is 20.3 Å². The number of piperidine rings is 1. The van der Waals surface area contributed by atoms with Crippen molar-refractivity contribution < 1.29 is 14.3 Å². The maximum Gasteiger partial charge on any atom is 0.228 e. The van der Waals surface area contributed by atoms with Crippen LogP contribution in [0.25, 0.3) is 0 Å². The molecule has 0 aromatic heterocycles. The van der Waals surface area contributed by atoms with Gasteiger partial charge in [-0.1, -0.05) is 25.5 Å². The maximum atomic E-state index is 13.3. The van der Waals surface area contributed by atoms with Gasteiger partial charge in [0.15, 0.2) is 0 Å². The first-order valence-electron chi connectivity index (χ1n) is 10.0. The molecule has 2 aliphatic rings. The molecule has 1 aromatic carbocycles. The molecule has 0 spiro atoms. The number of carbonyl (C=O) groups excluding carboxylic acids is 2. The molecule has 0 bridgehead atoms. The number of hydrogen-bond acceptors (Lipinski definition) is 4. The van der Waals surface area contributed by atoms with E-state index < -0.39 is 0 Å². The fourth-order valence-corrected chi connectivity index (χ4v) is 4.17. The summed E-state index contributed by atoms with van der Waals surface area (Å²) in [5, 5.41) is 0. The van der Waals surface area contributed by atoms with Crippen LogP contribution in [-0.4, -0.2) is 54.4 Å². The fourth-order valence-electron chi connectivity index (χ4n) is 4.17. The number of carbonyl (C=O) groups is 2. The van der Waals surface area contributed by atoms with Crippen LogP contribution in [0.2, 0.25) is 0 Å². The molecule has 2 amide bonds. The molecule has 0 saturated carbocycles. The molecule has 0 radical (unpaired) electrons. The quantitative estimate of drug-likeness (QED) is 0.830. The molecule has 6 heteroatoms. The molecule has 2 saturated heterocycles. The number of methoxy groups -OCH3 is 1. The third kappa shape index (κ3) is 4.26. The van der Waals surface area contributed by atoms with Crippen molar-refractivity contribution in [2.24, 2.45) is 11.7 Å². The highest BCUT2D eigenvalue weighted by atomic mass is 16.5. The number of rotatable bonds is 6. The lowest BCUT2D eigenvalue weighted by atomic mass is 9.91. The predicted molar refractivity (Wildman–Crippen MR) is 104 cm³/mol. The van der Waals surface area contributed by atoms with Gasteiger partial charge >= 0.3 is 0 Å². The number of nitrogens with zero attached hydrogens (tertiary/aromatic N) is 2. The molecule has 6 nitrogen and oxygen atoms in total. The Hall–Kier alpha value is -2.08. The average molecular weight is 373 g/mol. The third-order valence-electron chi connectivity index (χ3n) is 5.81. The fraction of sp³-hybridized carbons (Fsp3) is 0.619. The zero-order valence-electron chi connectivity index (χ0n) is 16.4. The first-order valence-corrected chi connectivity index (χ1v) is 10.0. The van der Waals surface area contributed by atoms with E-state index in [1.807, 2.05) is 34.1 Å². The molecule has 27 heavy (non-hydrogen) atoms. The monoisotopic (exact) mass is 373 g/mol. The van der Waals surface area contributed by atoms with Gasteiger partial charge in [0.2, 0.25) is 11.8 Å². The van der Waals surface area contributed by atoms with Crippen LogP contribution in [0.5, 0.6) is 5.75 Å². The first-order chi connectivity index (χ1) is 13.0. The minimum absolute atomic E-state index is 0.0799. The van der Waals surface area contributed by atoms with E-state index in [-0.39, 0.29) is 29.8 Å². The average Bonchev–Trinajstić information content (AvgIpc) is 3.02. The van der Waals surface area contributed by atoms with Crippen LogP contribution < -0.4 is 10.5 Å². The topological polar surface area (TPSA) is 75.9 Å². The second kappa shape index (κ2) is 8.74. The Kier molecular flexibility index (Phi) is 6.37. The second-order valence-corrected chi connectivity index (χ2v) is 7.63. The van der Waals surface area contributed by atoms with Crippen LogP contribution in [-0.2, 0) is 9.59 Å². The van der Waals surface area contributed by atoms with E-state index in [1.54, 1.807) is 7.11 Å². The second-order valence-electron chi connectivity index (χ2n) is 7.63. The van der Waals surface area contributed by atoms with Gasteiger partial charge in [-0.2, -0.15) is 0 Å². The molecule has 0 aliphatic carbocycles. The molecular weight excluding hydrogens is 342 g/mol. The summed E-state index contributed by atoms with van der Waals surface area (Å²) in [5.74, 6) is 0.625. The minimum Gasteiger partial charge on any atom is -0.497 e. The van der Waals surface area contributed by atoms with Crippen molar-refractivity contribution in [3.63, 3.8) is 0 Å². The Labute approximate surface area is 161 Å². The number of nitrogens with two attached hydrogens (primary N) is 1. The van der Waals surface area contributed by atoms with Crippen LogP contribution >= 0.6 is 0 Å². The summed E-state index contributed by atoms with van der Waals surface area (Å²) < 4.78 is 5.26. The van der Waals surface area contributed by atoms with Gasteiger partial charge in [-0.15, -0.1) is 0 Å². The summed E-state index contributed by atoms with van der Waals surface area (Å²) in [4.78, 5) is 29.8. The van der Waals surface area contributed by atoms with Gasteiger partial charge in [0.25, 0.3) is 0 Å². The van der Waals surface area contributed by atoms with Gasteiger partial charge in [-0.25, -0.2) is 0 Å². The number of benzene rings is 1. The van der Waals surface area contributed by atoms with Crippen molar-refractivity contribution in [2.45, 2.75) is 51.1 Å². The Bertz CT molecular complexity index is 653. The first kappa shape index (κ1) is 19.7. The Morgan fingerprint density at radius 3 is 2.48 bits per heavy atom. The molecular formula is C21H31N3O3. The number of ether oxygens (including phenoxy) is 1. The summed E-state index contributed by atoms with van der Waals surface area (Å²) in [6, 6.07) is 7.74. The third-order valence-corrected chi connectivity index (χ3v) is 5.81. The summed E-state index contributed by atoms with van der Waals surface area (Å²) in [5.41, 5.74) is 6.99. The SMILES string of the molecule is CCCCN1C(=O)CC(C(=O)N2CCC(N)CC2)C1c1ccc(OC)cc1. The van der Waals surface area contributed by atoms with Crippen molar-refractivity contribution in [2.75, 3.05) is 26.7 Å². The van der Waals surface area contributed by atoms with Crippen LogP contribution in [0, 0.1) is 5.92 Å². The Balaban J connectivity index is 1.85. The van der Waals surface area contributed by atoms with Crippen LogP contribution in [0.15, 0.2) is 24.3 Å². The summed E-state index contributed by atoms with van der Waals surface area (Å²) in [6.45, 7) is 4.19. The van der Waals surface area contributed by atoms with E-state index >= 15 is 0 Å². The van der Waals surface area contributed by atoms with Crippen molar-refractivity contribution in [1.29, 1.82) is 0 Å². The Morgan fingerprint density at radius 1 is 1.22 bits per heavy atom. The minimum atomic E-state index is -0.322. The lowest BCUT2D eigenvalue weighted by Crippen LogP contribution is -2.46. The summed E-state index contributed by atoms with van der Waals surface area (Å²) >= 11 is 0. The van der Waals surface area contributed by atoms with Crippen molar-refractivity contribution in [3.8, 4) is 5.75 Å². The number of hydrogen-bond donors (Lipinski definition) is 1. The maximum absolute atomic E-state index is 13.3. The van der Waals surface area contributed by atoms with Crippen molar-refractivity contribution >= 4 is 11.8 Å². The van der Waals surface area contributed by atoms with Gasteiger partial charge in [0.05, 0.1) is 19.1 Å². The number of unbranched alkanes of at least 4 members (excludes halogenated alkanes) is 1. The molecule has 2 atom stereocenters. The molecule has 148 valence electrons. The van der Waals surface area contributed by atoms with E-state index in [1.165, 1.54) is 0 Å². The van der Waals surface area contributed by atoms with Crippen LogP contribution in [0.3, 0.4) is 0 Å². The van der Waals surface area contributed by atoms with E-state index in [2.05, 4.69) is 6.92 Å². The molecule has 3 rings (SSSR count). The summed E-state index contributed by atoms with van der Waals surface area (Å²) in [6.07, 6.45) is 3.92. The van der Waals surface area contributed by atoms with E-state index in [9.17, 15) is 9.59 Å². The molecule has 2 heterocycles. The van der Waals surface area contributed by atoms with E-state index in [0.717, 1.165) is 37.0 Å². The normalized spacial score (nSPS) is 23.7. The van der Waals surface area contributed by atoms with E-state index in [4.69, 9.17) is 10.5 Å². The van der Waals surface area contributed by atoms with E-state index in [0.29, 0.717) is 26.1 Å². The molecule has 1 aromatic rings. The number of amides is 2. The zero-order chi connectivity index (χ0) is 19.4. The Morgan fingerprint density at radius 2 is 1.89 bits per heavy atom. The number of likely N-dealkylation sites (tertiary alicyclic amines) is 2. The predicted octanol–water partition coefficient (Wildman–Crippen LogP) is 2.33. The van der Waals surface area contributed by atoms with Crippen LogP contribution in [0.4, 0.5) is 0 Å². The standard InChI is InChI=1S/C21H31N3O3/c1-3-4-11-24-19(25)14-18(21(26)23-12-9-16(22)10-13-23)20(24)15-5-7-17(27-2)8-6-15/h5-8,16,18,20H,3-4,9-14,22H2,1-2H3. The van der Waals surface area contributed by atoms with Gasteiger partial charge in [-0.05, 0) is 37.0 Å². The highest BCUT2D eigenvalue weighted by Crippen LogP contribution is 2.40. The van der Waals surface area contributed by atoms with Gasteiger partial charge in [0, 0.05) is 32.1 Å². The molecule has 2 N–H and O–H groups in total. The molecule has 2 fully saturated rings. The molecule has 2 aliphatic heterocycles. The summed E-state index contributed by atoms with van der Waals surface area (Å²) in [7, 11) is 1.63. The van der Waals surface area contributed by atoms with Crippen LogP contribution in [0.1, 0.15) is 50.6 Å². The molecule has 2 unspecified atom stereocenters.